The lowest BCUT2D eigenvalue weighted by molar-refractivity contribution is 0.0997. The SMILES string of the molecule is CCN(Cc1ccccc1)S(=O)(=O)c1ccc(C(=O)N=c2sc3cc(S(N)(=O)=O)ccc3n2CCOC)cc1. The zero-order valence-electron chi connectivity index (χ0n) is 21.3. The molecule has 3 aromatic carbocycles. The first-order chi connectivity index (χ1) is 18.5. The molecule has 4 aromatic rings. The Hall–Kier alpha value is -3.20. The van der Waals surface area contributed by atoms with Crippen LogP contribution in [0.15, 0.2) is 87.6 Å². The summed E-state index contributed by atoms with van der Waals surface area (Å²) in [6.07, 6.45) is 0. The second-order valence-electron chi connectivity index (χ2n) is 8.56. The molecular formula is C26H28N4O6S3. The van der Waals surface area contributed by atoms with E-state index in [0.29, 0.717) is 28.2 Å². The number of methoxy groups -OCH3 is 1. The van der Waals surface area contributed by atoms with Gasteiger partial charge in [0.25, 0.3) is 5.91 Å². The van der Waals surface area contributed by atoms with Crippen LogP contribution >= 0.6 is 11.3 Å². The van der Waals surface area contributed by atoms with E-state index in [2.05, 4.69) is 4.99 Å². The molecule has 0 spiro atoms. The number of hydrogen-bond donors (Lipinski definition) is 1. The molecule has 0 fully saturated rings. The van der Waals surface area contributed by atoms with Crippen LogP contribution in [-0.2, 0) is 37.9 Å². The molecule has 0 aliphatic heterocycles. The van der Waals surface area contributed by atoms with Crippen LogP contribution in [0.5, 0.6) is 0 Å². The molecule has 1 amide bonds. The Morgan fingerprint density at radius 1 is 1.00 bits per heavy atom. The lowest BCUT2D eigenvalue weighted by Crippen LogP contribution is -2.30. The number of thiazole rings is 1. The van der Waals surface area contributed by atoms with Crippen molar-refractivity contribution in [1.82, 2.24) is 8.87 Å². The van der Waals surface area contributed by atoms with Gasteiger partial charge in [0.1, 0.15) is 0 Å². The van der Waals surface area contributed by atoms with Gasteiger partial charge in [-0.25, -0.2) is 22.0 Å². The molecule has 0 aliphatic rings. The first kappa shape index (κ1) is 28.8. The van der Waals surface area contributed by atoms with Gasteiger partial charge in [0.15, 0.2) is 4.80 Å². The molecule has 13 heteroatoms. The minimum Gasteiger partial charge on any atom is -0.383 e. The molecule has 0 unspecified atom stereocenters. The number of carbonyl (C=O) groups is 1. The lowest BCUT2D eigenvalue weighted by Gasteiger charge is -2.20. The van der Waals surface area contributed by atoms with Gasteiger partial charge in [-0.2, -0.15) is 9.30 Å². The molecule has 206 valence electrons. The number of ether oxygens (including phenoxy) is 1. The van der Waals surface area contributed by atoms with Crippen molar-refractivity contribution in [2.45, 2.75) is 29.8 Å². The van der Waals surface area contributed by atoms with E-state index in [1.807, 2.05) is 30.3 Å². The highest BCUT2D eigenvalue weighted by Gasteiger charge is 2.23. The molecular weight excluding hydrogens is 561 g/mol. The molecule has 0 aliphatic carbocycles. The molecule has 2 N–H and O–H groups in total. The summed E-state index contributed by atoms with van der Waals surface area (Å²) in [6.45, 7) is 3.01. The van der Waals surface area contributed by atoms with Crippen LogP contribution in [0, 0.1) is 0 Å². The Morgan fingerprint density at radius 2 is 1.67 bits per heavy atom. The molecule has 4 rings (SSSR count). The summed E-state index contributed by atoms with van der Waals surface area (Å²) in [6, 6.07) is 19.4. The van der Waals surface area contributed by atoms with E-state index in [1.165, 1.54) is 40.7 Å². The first-order valence-corrected chi connectivity index (χ1v) is 15.7. The maximum atomic E-state index is 13.2. The van der Waals surface area contributed by atoms with Crippen molar-refractivity contribution in [3.63, 3.8) is 0 Å². The summed E-state index contributed by atoms with van der Waals surface area (Å²) in [5, 5.41) is 5.26. The van der Waals surface area contributed by atoms with Gasteiger partial charge in [-0.1, -0.05) is 48.6 Å². The van der Waals surface area contributed by atoms with Gasteiger partial charge in [-0.3, -0.25) is 4.79 Å². The Balaban J connectivity index is 1.65. The largest absolute Gasteiger partial charge is 0.383 e. The minimum absolute atomic E-state index is 0.0433. The highest BCUT2D eigenvalue weighted by molar-refractivity contribution is 7.89. The van der Waals surface area contributed by atoms with E-state index >= 15 is 0 Å². The zero-order valence-corrected chi connectivity index (χ0v) is 23.8. The van der Waals surface area contributed by atoms with E-state index < -0.39 is 26.0 Å². The van der Waals surface area contributed by atoms with Gasteiger partial charge in [-0.15, -0.1) is 0 Å². The highest BCUT2D eigenvalue weighted by Crippen LogP contribution is 2.22. The fourth-order valence-corrected chi connectivity index (χ4v) is 7.08. The third kappa shape index (κ3) is 6.52. The maximum absolute atomic E-state index is 13.2. The number of amides is 1. The van der Waals surface area contributed by atoms with Gasteiger partial charge < -0.3 is 9.30 Å². The van der Waals surface area contributed by atoms with E-state index in [4.69, 9.17) is 9.88 Å². The average molecular weight is 589 g/mol. The summed E-state index contributed by atoms with van der Waals surface area (Å²) in [5.41, 5.74) is 1.76. The van der Waals surface area contributed by atoms with Crippen molar-refractivity contribution in [1.29, 1.82) is 0 Å². The fourth-order valence-electron chi connectivity index (χ4n) is 3.94. The van der Waals surface area contributed by atoms with Crippen molar-refractivity contribution in [3.05, 3.63) is 88.7 Å². The third-order valence-corrected chi connectivity index (χ3v) is 9.88. The molecule has 0 saturated heterocycles. The molecule has 0 saturated carbocycles. The normalized spacial score (nSPS) is 12.9. The molecule has 1 aromatic heterocycles. The number of primary sulfonamides is 1. The fraction of sp³-hybridized carbons (Fsp3) is 0.231. The topological polar surface area (TPSA) is 141 Å². The number of fused-ring (bicyclic) bond motifs is 1. The number of carbonyl (C=O) groups excluding carboxylic acids is 1. The molecule has 0 bridgehead atoms. The van der Waals surface area contributed by atoms with E-state index in [-0.39, 0.29) is 28.4 Å². The monoisotopic (exact) mass is 588 g/mol. The van der Waals surface area contributed by atoms with E-state index in [0.717, 1.165) is 16.9 Å². The molecule has 0 atom stereocenters. The number of aromatic nitrogens is 1. The van der Waals surface area contributed by atoms with Crippen molar-refractivity contribution < 1.29 is 26.4 Å². The predicted octanol–water partition coefficient (Wildman–Crippen LogP) is 2.95. The van der Waals surface area contributed by atoms with Crippen LogP contribution in [0.3, 0.4) is 0 Å². The summed E-state index contributed by atoms with van der Waals surface area (Å²) in [4.78, 5) is 17.7. The van der Waals surface area contributed by atoms with Crippen LogP contribution in [0.1, 0.15) is 22.8 Å². The summed E-state index contributed by atoms with van der Waals surface area (Å²) in [5.74, 6) is -0.569. The zero-order chi connectivity index (χ0) is 28.2. The van der Waals surface area contributed by atoms with Crippen LogP contribution in [0.2, 0.25) is 0 Å². The second-order valence-corrected chi connectivity index (χ2v) is 13.1. The third-order valence-electron chi connectivity index (χ3n) is 5.99. The van der Waals surface area contributed by atoms with Crippen molar-refractivity contribution in [3.8, 4) is 0 Å². The minimum atomic E-state index is -3.90. The van der Waals surface area contributed by atoms with Crippen molar-refractivity contribution in [2.75, 3.05) is 20.3 Å². The Morgan fingerprint density at radius 3 is 2.28 bits per heavy atom. The van der Waals surface area contributed by atoms with Crippen molar-refractivity contribution in [2.24, 2.45) is 10.1 Å². The standard InChI is InChI=1S/C26H28N4O6S3/c1-3-29(18-19-7-5-4-6-8-19)39(34,35)21-11-9-20(10-12-21)25(31)28-26-30(15-16-36-2)23-14-13-22(38(27,32)33)17-24(23)37-26/h4-14,17H,3,15-16,18H2,1-2H3,(H2,27,32,33). The maximum Gasteiger partial charge on any atom is 0.279 e. The summed E-state index contributed by atoms with van der Waals surface area (Å²) in [7, 11) is -6.14. The summed E-state index contributed by atoms with van der Waals surface area (Å²) < 4.78 is 58.9. The van der Waals surface area contributed by atoms with Gasteiger partial charge in [0.05, 0.1) is 26.6 Å². The first-order valence-electron chi connectivity index (χ1n) is 11.9. The van der Waals surface area contributed by atoms with Gasteiger partial charge >= 0.3 is 0 Å². The Bertz CT molecular complexity index is 1760. The Kier molecular flexibility index (Phi) is 8.79. The second kappa shape index (κ2) is 11.9. The quantitative estimate of drug-likeness (QED) is 0.302. The highest BCUT2D eigenvalue weighted by atomic mass is 32.2. The molecule has 1 heterocycles. The molecule has 39 heavy (non-hydrogen) atoms. The number of nitrogens with zero attached hydrogens (tertiary/aromatic N) is 3. The molecule has 10 nitrogen and oxygen atoms in total. The Labute approximate surface area is 231 Å². The number of sulfonamides is 2. The van der Waals surface area contributed by atoms with Gasteiger partial charge in [-0.05, 0) is 48.0 Å². The number of benzene rings is 3. The average Bonchev–Trinajstić information content (AvgIpc) is 3.26. The number of nitrogens with two attached hydrogens (primary N) is 1. The van der Waals surface area contributed by atoms with Crippen LogP contribution < -0.4 is 9.94 Å². The van der Waals surface area contributed by atoms with Crippen LogP contribution in [-0.4, -0.2) is 51.9 Å². The number of rotatable bonds is 10. The number of hydrogen-bond acceptors (Lipinski definition) is 7. The van der Waals surface area contributed by atoms with E-state index in [1.54, 1.807) is 24.7 Å². The lowest BCUT2D eigenvalue weighted by atomic mass is 10.2. The van der Waals surface area contributed by atoms with Gasteiger partial charge in [0, 0.05) is 32.3 Å². The van der Waals surface area contributed by atoms with Gasteiger partial charge in [0.2, 0.25) is 20.0 Å². The summed E-state index contributed by atoms with van der Waals surface area (Å²) >= 11 is 1.14. The smallest absolute Gasteiger partial charge is 0.279 e. The predicted molar refractivity (Wildman–Crippen MR) is 149 cm³/mol. The van der Waals surface area contributed by atoms with Crippen molar-refractivity contribution >= 4 is 47.5 Å². The van der Waals surface area contributed by atoms with Crippen LogP contribution in [0.25, 0.3) is 10.2 Å². The van der Waals surface area contributed by atoms with Crippen LogP contribution in [0.4, 0.5) is 0 Å². The molecule has 0 radical (unpaired) electrons. The van der Waals surface area contributed by atoms with E-state index in [9.17, 15) is 21.6 Å².